The van der Waals surface area contributed by atoms with E-state index in [2.05, 4.69) is 26.6 Å². The Morgan fingerprint density at radius 1 is 0.929 bits per heavy atom. The van der Waals surface area contributed by atoms with Crippen molar-refractivity contribution in [2.45, 2.75) is 32.1 Å². The number of nitrogens with zero attached hydrogens (tertiary/aromatic N) is 5. The predicted octanol–water partition coefficient (Wildman–Crippen LogP) is 4.19. The smallest absolute Gasteiger partial charge is 0.252 e. The highest BCUT2D eigenvalue weighted by molar-refractivity contribution is 6.43. The largest absolute Gasteiger partial charge is 0.494 e. The third-order valence-corrected chi connectivity index (χ3v) is 9.25. The van der Waals surface area contributed by atoms with Gasteiger partial charge in [-0.1, -0.05) is 29.3 Å². The number of aromatic nitrogens is 1. The number of benzene rings is 2. The molecule has 3 aliphatic heterocycles. The van der Waals surface area contributed by atoms with E-state index in [0.717, 1.165) is 94.1 Å². The molecular weight excluding hydrogens is 577 g/mol. The molecule has 6 rings (SSSR count). The maximum Gasteiger partial charge on any atom is 0.252 e. The van der Waals surface area contributed by atoms with Crippen LogP contribution in [0.2, 0.25) is 10.0 Å². The van der Waals surface area contributed by atoms with E-state index >= 15 is 0 Å². The first-order valence-electron chi connectivity index (χ1n) is 14.8. The summed E-state index contributed by atoms with van der Waals surface area (Å²) in [4.78, 5) is 22.2. The Labute approximate surface area is 257 Å². The molecule has 0 radical (unpaired) electrons. The summed E-state index contributed by atoms with van der Waals surface area (Å²) in [6.45, 7) is 9.64. The number of hydrogen-bond donors (Lipinski definition) is 0. The fraction of sp³-hybridized carbons (Fsp3) is 0.516. The number of unbranched alkanes of at least 4 members (excludes halogenated alkanes) is 1. The minimum Gasteiger partial charge on any atom is -0.494 e. The summed E-state index contributed by atoms with van der Waals surface area (Å²) in [6, 6.07) is 15.1. The molecule has 4 heterocycles. The summed E-state index contributed by atoms with van der Waals surface area (Å²) in [5.41, 5.74) is 1.71. The summed E-state index contributed by atoms with van der Waals surface area (Å²) in [6.07, 6.45) is 1.69. The SMILES string of the molecule is CN1CCN(C2OC2OCn2c(=O)ccc3ccc(OCCCCN4CCN(c5cccc(Cl)c5Cl)CC4)cc32)CC1. The molecule has 226 valence electrons. The van der Waals surface area contributed by atoms with E-state index in [1.165, 1.54) is 0 Å². The van der Waals surface area contributed by atoms with Crippen molar-refractivity contribution < 1.29 is 14.2 Å². The maximum absolute atomic E-state index is 12.7. The van der Waals surface area contributed by atoms with E-state index in [-0.39, 0.29) is 24.8 Å². The molecule has 0 amide bonds. The van der Waals surface area contributed by atoms with Crippen molar-refractivity contribution in [1.82, 2.24) is 19.3 Å². The van der Waals surface area contributed by atoms with Crippen LogP contribution in [0.15, 0.2) is 53.3 Å². The van der Waals surface area contributed by atoms with Crippen molar-refractivity contribution in [3.05, 3.63) is 68.9 Å². The molecule has 0 spiro atoms. The Balaban J connectivity index is 0.951. The van der Waals surface area contributed by atoms with Gasteiger partial charge in [0.2, 0.25) is 6.29 Å². The number of halogens is 2. The van der Waals surface area contributed by atoms with Crippen LogP contribution in [-0.2, 0) is 16.2 Å². The normalized spacial score (nSPS) is 22.1. The Morgan fingerprint density at radius 3 is 2.52 bits per heavy atom. The lowest BCUT2D eigenvalue weighted by atomic mass is 10.2. The lowest BCUT2D eigenvalue weighted by Gasteiger charge is -2.36. The lowest BCUT2D eigenvalue weighted by Crippen LogP contribution is -2.46. The quantitative estimate of drug-likeness (QED) is 0.235. The van der Waals surface area contributed by atoms with E-state index in [0.29, 0.717) is 16.7 Å². The van der Waals surface area contributed by atoms with Crippen LogP contribution >= 0.6 is 23.2 Å². The summed E-state index contributed by atoms with van der Waals surface area (Å²) >= 11 is 12.6. The zero-order chi connectivity index (χ0) is 29.1. The molecule has 2 unspecified atom stereocenters. The fourth-order valence-electron chi connectivity index (χ4n) is 5.76. The average molecular weight is 617 g/mol. The van der Waals surface area contributed by atoms with Crippen LogP contribution in [0.25, 0.3) is 10.9 Å². The minimum absolute atomic E-state index is 0.0198. The van der Waals surface area contributed by atoms with Gasteiger partial charge in [-0.05, 0) is 62.2 Å². The predicted molar refractivity (Wildman–Crippen MR) is 167 cm³/mol. The second-order valence-corrected chi connectivity index (χ2v) is 12.1. The Hall–Kier alpha value is -2.37. The summed E-state index contributed by atoms with van der Waals surface area (Å²) in [7, 11) is 2.13. The van der Waals surface area contributed by atoms with Crippen LogP contribution in [-0.4, -0.2) is 104 Å². The van der Waals surface area contributed by atoms with E-state index < -0.39 is 0 Å². The number of hydrogen-bond acceptors (Lipinski definition) is 8. The van der Waals surface area contributed by atoms with Crippen LogP contribution in [0.1, 0.15) is 12.8 Å². The first kappa shape index (κ1) is 29.7. The zero-order valence-electron chi connectivity index (χ0n) is 24.1. The molecule has 3 aliphatic rings. The number of piperazine rings is 2. The molecule has 0 N–H and O–H groups in total. The van der Waals surface area contributed by atoms with Gasteiger partial charge in [0.25, 0.3) is 5.56 Å². The number of ether oxygens (including phenoxy) is 3. The van der Waals surface area contributed by atoms with Crippen molar-refractivity contribution in [1.29, 1.82) is 0 Å². The maximum atomic E-state index is 12.7. The topological polar surface area (TPSA) is 66.0 Å². The first-order chi connectivity index (χ1) is 20.5. The molecule has 11 heteroatoms. The average Bonchev–Trinajstić information content (AvgIpc) is 3.78. The van der Waals surface area contributed by atoms with Gasteiger partial charge in [0.05, 0.1) is 27.9 Å². The van der Waals surface area contributed by atoms with Crippen LogP contribution in [0.5, 0.6) is 5.75 Å². The van der Waals surface area contributed by atoms with Gasteiger partial charge in [0, 0.05) is 64.5 Å². The molecular formula is C31H39Cl2N5O4. The van der Waals surface area contributed by atoms with Crippen LogP contribution in [0.3, 0.4) is 0 Å². The summed E-state index contributed by atoms with van der Waals surface area (Å²) in [5, 5.41) is 2.20. The van der Waals surface area contributed by atoms with Crippen molar-refractivity contribution in [3.8, 4) is 5.75 Å². The van der Waals surface area contributed by atoms with E-state index in [4.69, 9.17) is 37.4 Å². The number of rotatable bonds is 11. The highest BCUT2D eigenvalue weighted by Gasteiger charge is 2.45. The van der Waals surface area contributed by atoms with Crippen molar-refractivity contribution in [3.63, 3.8) is 0 Å². The Bertz CT molecular complexity index is 1420. The Kier molecular flexibility index (Phi) is 9.55. The number of fused-ring (bicyclic) bond motifs is 1. The van der Waals surface area contributed by atoms with Crippen LogP contribution in [0.4, 0.5) is 5.69 Å². The zero-order valence-corrected chi connectivity index (χ0v) is 25.6. The van der Waals surface area contributed by atoms with Crippen molar-refractivity contribution in [2.75, 3.05) is 77.5 Å². The molecule has 42 heavy (non-hydrogen) atoms. The van der Waals surface area contributed by atoms with Gasteiger partial charge in [-0.25, -0.2) is 0 Å². The van der Waals surface area contributed by atoms with Gasteiger partial charge < -0.3 is 24.0 Å². The molecule has 0 bridgehead atoms. The standard InChI is InChI=1S/C31H39Cl2N5O4/c1-34-12-16-37(17-13-34)30-31(42-30)41-22-38-27-21-24(9-7-23(27)8-10-28(38)39)40-20-3-2-11-35-14-18-36(19-15-35)26-6-4-5-25(32)29(26)33/h4-10,21,30-31H,2-3,11-20,22H2,1H3. The van der Waals surface area contributed by atoms with Gasteiger partial charge in [-0.3, -0.25) is 19.2 Å². The van der Waals surface area contributed by atoms with Crippen molar-refractivity contribution in [2.24, 2.45) is 0 Å². The molecule has 3 saturated heterocycles. The molecule has 2 aromatic carbocycles. The minimum atomic E-state index is -0.299. The van der Waals surface area contributed by atoms with E-state index in [9.17, 15) is 4.79 Å². The number of epoxide rings is 1. The molecule has 9 nitrogen and oxygen atoms in total. The van der Waals surface area contributed by atoms with Crippen LogP contribution < -0.4 is 15.2 Å². The number of likely N-dealkylation sites (N-methyl/N-ethyl adjacent to an activating group) is 1. The second kappa shape index (κ2) is 13.5. The molecule has 0 saturated carbocycles. The molecule has 3 aromatic rings. The van der Waals surface area contributed by atoms with Gasteiger partial charge >= 0.3 is 0 Å². The highest BCUT2D eigenvalue weighted by atomic mass is 35.5. The molecule has 2 atom stereocenters. The fourth-order valence-corrected chi connectivity index (χ4v) is 6.18. The van der Waals surface area contributed by atoms with Gasteiger partial charge in [-0.2, -0.15) is 0 Å². The van der Waals surface area contributed by atoms with E-state index in [1.807, 2.05) is 42.5 Å². The third-order valence-electron chi connectivity index (χ3n) is 8.44. The highest BCUT2D eigenvalue weighted by Crippen LogP contribution is 2.33. The van der Waals surface area contributed by atoms with Gasteiger partial charge in [0.1, 0.15) is 12.5 Å². The third kappa shape index (κ3) is 7.05. The molecule has 3 fully saturated rings. The first-order valence-corrected chi connectivity index (χ1v) is 15.6. The lowest BCUT2D eigenvalue weighted by molar-refractivity contribution is 0.00670. The van der Waals surface area contributed by atoms with Gasteiger partial charge in [0.15, 0.2) is 6.23 Å². The molecule has 1 aromatic heterocycles. The summed E-state index contributed by atoms with van der Waals surface area (Å²) in [5.74, 6) is 0.756. The monoisotopic (exact) mass is 615 g/mol. The van der Waals surface area contributed by atoms with E-state index in [1.54, 1.807) is 10.6 Å². The second-order valence-electron chi connectivity index (χ2n) is 11.3. The number of anilines is 1. The number of pyridine rings is 1. The van der Waals surface area contributed by atoms with Crippen LogP contribution in [0, 0.1) is 0 Å². The Morgan fingerprint density at radius 2 is 1.71 bits per heavy atom. The van der Waals surface area contributed by atoms with Gasteiger partial charge in [-0.15, -0.1) is 0 Å². The molecule has 0 aliphatic carbocycles. The van der Waals surface area contributed by atoms with Crippen molar-refractivity contribution >= 4 is 39.8 Å². The summed E-state index contributed by atoms with van der Waals surface area (Å²) < 4.78 is 19.5.